The fourth-order valence-corrected chi connectivity index (χ4v) is 5.26. The monoisotopic (exact) mass is 758 g/mol. The van der Waals surface area contributed by atoms with Crippen LogP contribution in [0.25, 0.3) is 39.1 Å². The van der Waals surface area contributed by atoms with E-state index >= 15 is 17.6 Å². The molecule has 0 heterocycles. The number of allylic oxidation sites excluding steroid dienone is 1. The van der Waals surface area contributed by atoms with Gasteiger partial charge in [-0.15, -0.1) is 13.2 Å². The Balaban J connectivity index is 1.50. The summed E-state index contributed by atoms with van der Waals surface area (Å²) in [4.78, 5) is 0. The maximum atomic E-state index is 15.4. The molecule has 0 atom stereocenters. The van der Waals surface area contributed by atoms with Crippen molar-refractivity contribution in [3.8, 4) is 28.0 Å². The zero-order chi connectivity index (χ0) is 38.7. The number of alkyl halides is 7. The molecular weight excluding hydrogens is 744 g/mol. The van der Waals surface area contributed by atoms with Gasteiger partial charge in [0.15, 0.2) is 0 Å². The molecule has 0 aliphatic rings. The van der Waals surface area contributed by atoms with Gasteiger partial charge in [-0.3, -0.25) is 0 Å². The standard InChI is InChI=1S/C34H14F16O2/c1-2-3-13-4-14-6-21(38)28(31(43)27(14)18(35)5-13)16-7-19(36)26(20(37)8-16)15-9-22(39)29(23(40)10-15)32(44,45)51-17-11-24(41)30(25(42)12-17)33(46,47)52-34(48,49)50/h2-12H,1H3. The van der Waals surface area contributed by atoms with Gasteiger partial charge in [-0.25, -0.2) is 44.3 Å². The minimum atomic E-state index is -6.12. The van der Waals surface area contributed by atoms with Gasteiger partial charge < -0.3 is 4.74 Å². The van der Waals surface area contributed by atoms with E-state index in [0.29, 0.717) is 18.2 Å². The molecule has 0 aromatic heterocycles. The summed E-state index contributed by atoms with van der Waals surface area (Å²) < 4.78 is 234. The molecule has 0 saturated carbocycles. The fourth-order valence-electron chi connectivity index (χ4n) is 5.26. The highest BCUT2D eigenvalue weighted by Gasteiger charge is 2.50. The molecule has 18 heteroatoms. The number of benzene rings is 5. The average molecular weight is 758 g/mol. The lowest BCUT2D eigenvalue weighted by Crippen LogP contribution is -2.30. The normalized spacial score (nSPS) is 12.7. The van der Waals surface area contributed by atoms with Crippen molar-refractivity contribution in [2.24, 2.45) is 0 Å². The van der Waals surface area contributed by atoms with Gasteiger partial charge in [-0.05, 0) is 71.5 Å². The first-order chi connectivity index (χ1) is 24.0. The van der Waals surface area contributed by atoms with Gasteiger partial charge in [0.05, 0.1) is 16.5 Å². The Hall–Kier alpha value is -5.26. The van der Waals surface area contributed by atoms with Crippen LogP contribution in [0.15, 0.2) is 60.7 Å². The number of rotatable bonds is 8. The first-order valence-corrected chi connectivity index (χ1v) is 14.0. The predicted octanol–water partition coefficient (Wildman–Crippen LogP) is 12.2. The van der Waals surface area contributed by atoms with E-state index < -0.39 is 128 Å². The largest absolute Gasteiger partial charge is 0.527 e. The molecule has 0 aliphatic heterocycles. The molecule has 0 spiro atoms. The van der Waals surface area contributed by atoms with Gasteiger partial charge in [0, 0.05) is 12.1 Å². The smallest absolute Gasteiger partial charge is 0.429 e. The molecule has 0 unspecified atom stereocenters. The van der Waals surface area contributed by atoms with Crippen LogP contribution in [0, 0.1) is 52.4 Å². The van der Waals surface area contributed by atoms with E-state index in [1.807, 2.05) is 0 Å². The van der Waals surface area contributed by atoms with Crippen LogP contribution in [0.1, 0.15) is 23.6 Å². The van der Waals surface area contributed by atoms with Crippen LogP contribution in [-0.2, 0) is 17.0 Å². The summed E-state index contributed by atoms with van der Waals surface area (Å²) in [6.07, 6.45) is -14.2. The van der Waals surface area contributed by atoms with Crippen LogP contribution in [0.2, 0.25) is 0 Å². The topological polar surface area (TPSA) is 18.5 Å². The van der Waals surface area contributed by atoms with E-state index in [2.05, 4.69) is 9.47 Å². The third-order valence-electron chi connectivity index (χ3n) is 7.21. The van der Waals surface area contributed by atoms with E-state index in [4.69, 9.17) is 0 Å². The molecule has 5 rings (SSSR count). The molecule has 52 heavy (non-hydrogen) atoms. The SMILES string of the molecule is CC=Cc1cc(F)c2c(F)c(-c3cc(F)c(-c4cc(F)c(C(F)(F)Oc5cc(F)c(C(F)(F)OC(F)(F)F)c(F)c5)c(F)c4)c(F)c3)c(F)cc2c1. The molecule has 2 nitrogen and oxygen atoms in total. The fraction of sp³-hybridized carbons (Fsp3) is 0.118. The highest BCUT2D eigenvalue weighted by molar-refractivity contribution is 5.91. The molecule has 5 aromatic rings. The second-order valence-electron chi connectivity index (χ2n) is 10.7. The molecule has 0 bridgehead atoms. The maximum Gasteiger partial charge on any atom is 0.527 e. The van der Waals surface area contributed by atoms with Gasteiger partial charge in [0.2, 0.25) is 0 Å². The van der Waals surface area contributed by atoms with Crippen molar-refractivity contribution in [1.82, 2.24) is 0 Å². The molecule has 0 amide bonds. The number of hydrogen-bond donors (Lipinski definition) is 0. The zero-order valence-corrected chi connectivity index (χ0v) is 25.2. The molecule has 0 radical (unpaired) electrons. The van der Waals surface area contributed by atoms with E-state index in [0.717, 1.165) is 6.07 Å². The van der Waals surface area contributed by atoms with Crippen molar-refractivity contribution < 1.29 is 79.7 Å². The Kier molecular flexibility index (Phi) is 9.77. The molecule has 0 saturated heterocycles. The predicted molar refractivity (Wildman–Crippen MR) is 151 cm³/mol. The molecule has 5 aromatic carbocycles. The lowest BCUT2D eigenvalue weighted by atomic mass is 9.94. The first-order valence-electron chi connectivity index (χ1n) is 14.0. The Bertz CT molecular complexity index is 2190. The summed E-state index contributed by atoms with van der Waals surface area (Å²) in [5.41, 5.74) is -9.19. The minimum absolute atomic E-state index is 0.0644. The minimum Gasteiger partial charge on any atom is -0.429 e. The number of ether oxygens (including phenoxy) is 2. The van der Waals surface area contributed by atoms with Gasteiger partial charge >= 0.3 is 18.6 Å². The van der Waals surface area contributed by atoms with Gasteiger partial charge in [-0.1, -0.05) is 12.2 Å². The first kappa shape index (κ1) is 38.0. The summed E-state index contributed by atoms with van der Waals surface area (Å²) in [6, 6.07) is 2.34. The van der Waals surface area contributed by atoms with Gasteiger partial charge in [0.1, 0.15) is 69.2 Å². The maximum absolute atomic E-state index is 15.4. The molecule has 0 aliphatic carbocycles. The van der Waals surface area contributed by atoms with Crippen molar-refractivity contribution in [1.29, 1.82) is 0 Å². The Morgan fingerprint density at radius 3 is 1.48 bits per heavy atom. The van der Waals surface area contributed by atoms with E-state index in [9.17, 15) is 52.7 Å². The zero-order valence-electron chi connectivity index (χ0n) is 25.2. The van der Waals surface area contributed by atoms with Crippen molar-refractivity contribution in [2.75, 3.05) is 0 Å². The highest BCUT2D eigenvalue weighted by atomic mass is 19.4. The second-order valence-corrected chi connectivity index (χ2v) is 10.7. The van der Waals surface area contributed by atoms with Crippen LogP contribution in [0.4, 0.5) is 70.2 Å². The van der Waals surface area contributed by atoms with Crippen LogP contribution >= 0.6 is 0 Å². The average Bonchev–Trinajstić information content (AvgIpc) is 2.94. The summed E-state index contributed by atoms with van der Waals surface area (Å²) >= 11 is 0. The molecule has 274 valence electrons. The van der Waals surface area contributed by atoms with E-state index in [1.165, 1.54) is 18.2 Å². The second kappa shape index (κ2) is 13.4. The molecule has 0 fully saturated rings. The summed E-state index contributed by atoms with van der Waals surface area (Å²) in [5, 5.41) is -0.993. The lowest BCUT2D eigenvalue weighted by Gasteiger charge is -2.22. The van der Waals surface area contributed by atoms with Crippen LogP contribution in [0.3, 0.4) is 0 Å². The quantitative estimate of drug-likeness (QED) is 0.147. The van der Waals surface area contributed by atoms with E-state index in [1.54, 1.807) is 6.92 Å². The van der Waals surface area contributed by atoms with Gasteiger partial charge in [-0.2, -0.15) is 17.6 Å². The molecular formula is C34H14F16O2. The Labute approximate surface area is 280 Å². The van der Waals surface area contributed by atoms with Crippen molar-refractivity contribution in [3.63, 3.8) is 0 Å². The summed E-state index contributed by atoms with van der Waals surface area (Å²) in [7, 11) is 0. The summed E-state index contributed by atoms with van der Waals surface area (Å²) in [5.74, 6) is -19.2. The van der Waals surface area contributed by atoms with Crippen LogP contribution in [0.5, 0.6) is 5.75 Å². The Morgan fingerprint density at radius 1 is 0.500 bits per heavy atom. The highest BCUT2D eigenvalue weighted by Crippen LogP contribution is 2.43. The summed E-state index contributed by atoms with van der Waals surface area (Å²) in [6.45, 7) is 1.59. The third kappa shape index (κ3) is 7.24. The van der Waals surface area contributed by atoms with Gasteiger partial charge in [0.25, 0.3) is 0 Å². The van der Waals surface area contributed by atoms with Crippen LogP contribution in [-0.4, -0.2) is 6.36 Å². The number of hydrogen-bond acceptors (Lipinski definition) is 2. The third-order valence-corrected chi connectivity index (χ3v) is 7.21. The van der Waals surface area contributed by atoms with Crippen LogP contribution < -0.4 is 4.74 Å². The number of halogens is 16. The number of fused-ring (bicyclic) bond motifs is 1. The van der Waals surface area contributed by atoms with Crippen molar-refractivity contribution in [3.05, 3.63) is 130 Å². The van der Waals surface area contributed by atoms with E-state index in [-0.39, 0.29) is 23.1 Å². The van der Waals surface area contributed by atoms with Crippen molar-refractivity contribution >= 4 is 16.8 Å². The lowest BCUT2D eigenvalue weighted by molar-refractivity contribution is -0.432. The van der Waals surface area contributed by atoms with Crippen molar-refractivity contribution in [2.45, 2.75) is 25.5 Å². The Morgan fingerprint density at radius 2 is 0.962 bits per heavy atom. The molecule has 0 N–H and O–H groups in total.